The van der Waals surface area contributed by atoms with Gasteiger partial charge in [0.25, 0.3) is 5.91 Å². The molecular formula is C13H18N2O4S. The van der Waals surface area contributed by atoms with Crippen LogP contribution in [0.3, 0.4) is 0 Å². The number of rotatable bonds is 4. The summed E-state index contributed by atoms with van der Waals surface area (Å²) in [6, 6.07) is 4.98. The highest BCUT2D eigenvalue weighted by molar-refractivity contribution is 7.92. The van der Waals surface area contributed by atoms with E-state index in [9.17, 15) is 13.2 Å². The van der Waals surface area contributed by atoms with Crippen molar-refractivity contribution in [3.8, 4) is 5.75 Å². The quantitative estimate of drug-likeness (QED) is 0.831. The molecule has 0 spiro atoms. The Morgan fingerprint density at radius 1 is 1.40 bits per heavy atom. The molecule has 0 radical (unpaired) electrons. The standard InChI is InChI=1S/C13H18N2O4S/c1-9(2)20(17,18)6-5-15-11-7-10(14)3-4-12(11)19-8-13(15)16/h3-4,7,9H,5-6,8,14H2,1-2H3. The summed E-state index contributed by atoms with van der Waals surface area (Å²) in [6.07, 6.45) is 0. The van der Waals surface area contributed by atoms with Crippen LogP contribution in [-0.2, 0) is 14.6 Å². The first-order valence-electron chi connectivity index (χ1n) is 6.35. The third kappa shape index (κ3) is 2.87. The second-order valence-corrected chi connectivity index (χ2v) is 7.65. The van der Waals surface area contributed by atoms with Crippen LogP contribution in [0.4, 0.5) is 11.4 Å². The van der Waals surface area contributed by atoms with Gasteiger partial charge in [-0.05, 0) is 32.0 Å². The summed E-state index contributed by atoms with van der Waals surface area (Å²) < 4.78 is 29.0. The van der Waals surface area contributed by atoms with Crippen molar-refractivity contribution < 1.29 is 17.9 Å². The van der Waals surface area contributed by atoms with Crippen LogP contribution in [0, 0.1) is 0 Å². The van der Waals surface area contributed by atoms with Gasteiger partial charge in [-0.15, -0.1) is 0 Å². The lowest BCUT2D eigenvalue weighted by atomic mass is 10.2. The van der Waals surface area contributed by atoms with Crippen molar-refractivity contribution in [1.29, 1.82) is 0 Å². The monoisotopic (exact) mass is 298 g/mol. The van der Waals surface area contributed by atoms with Crippen LogP contribution in [0.2, 0.25) is 0 Å². The summed E-state index contributed by atoms with van der Waals surface area (Å²) in [6.45, 7) is 3.28. The predicted molar refractivity (Wildman–Crippen MR) is 77.6 cm³/mol. The molecule has 1 aromatic carbocycles. The maximum Gasteiger partial charge on any atom is 0.265 e. The van der Waals surface area contributed by atoms with Crippen LogP contribution < -0.4 is 15.4 Å². The Morgan fingerprint density at radius 2 is 2.10 bits per heavy atom. The molecule has 0 fully saturated rings. The number of benzene rings is 1. The van der Waals surface area contributed by atoms with E-state index in [2.05, 4.69) is 0 Å². The van der Waals surface area contributed by atoms with Gasteiger partial charge in [-0.3, -0.25) is 4.79 Å². The van der Waals surface area contributed by atoms with E-state index in [1.807, 2.05) is 0 Å². The number of hydrogen-bond acceptors (Lipinski definition) is 5. The number of ether oxygens (including phenoxy) is 1. The van der Waals surface area contributed by atoms with Crippen molar-refractivity contribution >= 4 is 27.1 Å². The van der Waals surface area contributed by atoms with Gasteiger partial charge < -0.3 is 15.4 Å². The van der Waals surface area contributed by atoms with Crippen LogP contribution in [-0.4, -0.2) is 38.5 Å². The largest absolute Gasteiger partial charge is 0.482 e. The average molecular weight is 298 g/mol. The first-order chi connectivity index (χ1) is 9.31. The number of anilines is 2. The summed E-state index contributed by atoms with van der Waals surface area (Å²) >= 11 is 0. The molecule has 7 heteroatoms. The van der Waals surface area contributed by atoms with Gasteiger partial charge in [0.15, 0.2) is 16.4 Å². The normalized spacial score (nSPS) is 15.2. The van der Waals surface area contributed by atoms with Crippen molar-refractivity contribution in [3.63, 3.8) is 0 Å². The molecule has 0 saturated carbocycles. The maximum absolute atomic E-state index is 11.9. The molecule has 1 aliphatic rings. The van der Waals surface area contributed by atoms with Gasteiger partial charge in [0.1, 0.15) is 5.75 Å². The second-order valence-electron chi connectivity index (χ2n) is 4.98. The van der Waals surface area contributed by atoms with Gasteiger partial charge in [-0.25, -0.2) is 8.42 Å². The molecule has 6 nitrogen and oxygen atoms in total. The zero-order valence-corrected chi connectivity index (χ0v) is 12.3. The lowest BCUT2D eigenvalue weighted by molar-refractivity contribution is -0.121. The fraction of sp³-hybridized carbons (Fsp3) is 0.462. The molecule has 2 N–H and O–H groups in total. The Balaban J connectivity index is 2.24. The van der Waals surface area contributed by atoms with E-state index < -0.39 is 15.1 Å². The molecule has 1 amide bonds. The van der Waals surface area contributed by atoms with Gasteiger partial charge in [-0.1, -0.05) is 0 Å². The van der Waals surface area contributed by atoms with Crippen LogP contribution in [0.15, 0.2) is 18.2 Å². The third-order valence-electron chi connectivity index (χ3n) is 3.24. The molecule has 110 valence electrons. The van der Waals surface area contributed by atoms with Crippen LogP contribution >= 0.6 is 0 Å². The number of nitrogens with two attached hydrogens (primary N) is 1. The lowest BCUT2D eigenvalue weighted by Crippen LogP contribution is -2.42. The number of sulfone groups is 1. The Bertz CT molecular complexity index is 625. The summed E-state index contributed by atoms with van der Waals surface area (Å²) in [5, 5.41) is -0.459. The van der Waals surface area contributed by atoms with E-state index in [1.165, 1.54) is 4.90 Å². The molecule has 1 heterocycles. The Labute approximate surface area is 118 Å². The number of amides is 1. The van der Waals surface area contributed by atoms with E-state index >= 15 is 0 Å². The first kappa shape index (κ1) is 14.6. The molecular weight excluding hydrogens is 280 g/mol. The molecule has 20 heavy (non-hydrogen) atoms. The van der Waals surface area contributed by atoms with Crippen molar-refractivity contribution in [2.75, 3.05) is 29.5 Å². The highest BCUT2D eigenvalue weighted by atomic mass is 32.2. The van der Waals surface area contributed by atoms with E-state index in [0.29, 0.717) is 17.1 Å². The minimum absolute atomic E-state index is 0.0787. The third-order valence-corrected chi connectivity index (χ3v) is 5.43. The van der Waals surface area contributed by atoms with Crippen LogP contribution in [0.1, 0.15) is 13.8 Å². The fourth-order valence-electron chi connectivity index (χ4n) is 1.92. The van der Waals surface area contributed by atoms with Gasteiger partial charge in [0.05, 0.1) is 16.7 Å². The van der Waals surface area contributed by atoms with Gasteiger partial charge in [-0.2, -0.15) is 0 Å². The highest BCUT2D eigenvalue weighted by Crippen LogP contribution is 2.33. The highest BCUT2D eigenvalue weighted by Gasteiger charge is 2.27. The molecule has 1 aliphatic heterocycles. The molecule has 0 aromatic heterocycles. The van der Waals surface area contributed by atoms with Gasteiger partial charge >= 0.3 is 0 Å². The molecule has 0 saturated heterocycles. The van der Waals surface area contributed by atoms with Crippen LogP contribution in [0.5, 0.6) is 5.75 Å². The number of carbonyl (C=O) groups excluding carboxylic acids is 1. The maximum atomic E-state index is 11.9. The molecule has 2 rings (SSSR count). The molecule has 0 aliphatic carbocycles. The van der Waals surface area contributed by atoms with E-state index in [1.54, 1.807) is 32.0 Å². The summed E-state index contributed by atoms with van der Waals surface area (Å²) in [7, 11) is -3.20. The molecule has 0 atom stereocenters. The summed E-state index contributed by atoms with van der Waals surface area (Å²) in [4.78, 5) is 13.3. The first-order valence-corrected chi connectivity index (χ1v) is 8.07. The SMILES string of the molecule is CC(C)S(=O)(=O)CCN1C(=O)COc2ccc(N)cc21. The van der Waals surface area contributed by atoms with E-state index in [0.717, 1.165) is 0 Å². The van der Waals surface area contributed by atoms with Gasteiger partial charge in [0.2, 0.25) is 0 Å². The molecule has 0 bridgehead atoms. The zero-order chi connectivity index (χ0) is 14.9. The Morgan fingerprint density at radius 3 is 2.75 bits per heavy atom. The fourth-order valence-corrected chi connectivity index (χ4v) is 2.83. The van der Waals surface area contributed by atoms with Crippen LogP contribution in [0.25, 0.3) is 0 Å². The number of carbonyl (C=O) groups is 1. The number of nitrogen functional groups attached to an aromatic ring is 1. The van der Waals surface area contributed by atoms with E-state index in [4.69, 9.17) is 10.5 Å². The summed E-state index contributed by atoms with van der Waals surface area (Å²) in [5.74, 6) is 0.202. The molecule has 0 unspecified atom stereocenters. The van der Waals surface area contributed by atoms with E-state index in [-0.39, 0.29) is 24.8 Å². The number of hydrogen-bond donors (Lipinski definition) is 1. The van der Waals surface area contributed by atoms with Crippen molar-refractivity contribution in [2.45, 2.75) is 19.1 Å². The Hall–Kier alpha value is -1.76. The molecule has 1 aromatic rings. The Kier molecular flexibility index (Phi) is 3.89. The smallest absolute Gasteiger partial charge is 0.265 e. The minimum atomic E-state index is -3.20. The van der Waals surface area contributed by atoms with Crippen molar-refractivity contribution in [2.24, 2.45) is 0 Å². The zero-order valence-electron chi connectivity index (χ0n) is 11.5. The predicted octanol–water partition coefficient (Wildman–Crippen LogP) is 0.817. The lowest BCUT2D eigenvalue weighted by Gasteiger charge is -2.29. The number of nitrogens with zero attached hydrogens (tertiary/aromatic N) is 1. The van der Waals surface area contributed by atoms with Crippen molar-refractivity contribution in [3.05, 3.63) is 18.2 Å². The summed E-state index contributed by atoms with van der Waals surface area (Å²) in [5.41, 5.74) is 6.73. The average Bonchev–Trinajstić information content (AvgIpc) is 2.37. The minimum Gasteiger partial charge on any atom is -0.482 e. The topological polar surface area (TPSA) is 89.7 Å². The number of fused-ring (bicyclic) bond motifs is 1. The van der Waals surface area contributed by atoms with Crippen molar-refractivity contribution in [1.82, 2.24) is 0 Å². The van der Waals surface area contributed by atoms with Gasteiger partial charge in [0, 0.05) is 12.2 Å². The second kappa shape index (κ2) is 5.32.